The molecule has 0 saturated carbocycles. The number of benzene rings is 1. The molecule has 1 rings (SSSR count). The van der Waals surface area contributed by atoms with E-state index < -0.39 is 10.0 Å². The van der Waals surface area contributed by atoms with Crippen LogP contribution in [-0.4, -0.2) is 27.4 Å². The van der Waals surface area contributed by atoms with E-state index >= 15 is 0 Å². The van der Waals surface area contributed by atoms with Crippen LogP contribution in [0, 0.1) is 5.92 Å². The van der Waals surface area contributed by atoms with Gasteiger partial charge in [-0.2, -0.15) is 0 Å². The van der Waals surface area contributed by atoms with Crippen LogP contribution < -0.4 is 15.8 Å². The molecule has 1 aromatic rings. The number of amides is 1. The summed E-state index contributed by atoms with van der Waals surface area (Å²) in [5, 5.41) is 2.69. The molecule has 7 heteroatoms. The van der Waals surface area contributed by atoms with Gasteiger partial charge in [0.2, 0.25) is 15.9 Å². The van der Waals surface area contributed by atoms with Crippen molar-refractivity contribution >= 4 is 21.6 Å². The molecule has 20 heavy (non-hydrogen) atoms. The highest BCUT2D eigenvalue weighted by atomic mass is 32.2. The molecule has 4 N–H and O–H groups in total. The van der Waals surface area contributed by atoms with Gasteiger partial charge in [0.25, 0.3) is 0 Å². The molecule has 0 radical (unpaired) electrons. The molecule has 0 aromatic heterocycles. The van der Waals surface area contributed by atoms with E-state index in [9.17, 15) is 13.2 Å². The number of hydrogen-bond donors (Lipinski definition) is 3. The normalized spacial score (nSPS) is 13.2. The second-order valence-electron chi connectivity index (χ2n) is 4.89. The number of carbonyl (C=O) groups excluding carboxylic acids is 1. The van der Waals surface area contributed by atoms with Crippen molar-refractivity contribution in [1.29, 1.82) is 0 Å². The Kier molecular flexibility index (Phi) is 5.67. The van der Waals surface area contributed by atoms with Crippen LogP contribution in [-0.2, 0) is 14.8 Å². The molecule has 1 aromatic carbocycles. The van der Waals surface area contributed by atoms with Crippen LogP contribution >= 0.6 is 0 Å². The van der Waals surface area contributed by atoms with Crippen LogP contribution in [0.2, 0.25) is 0 Å². The zero-order valence-corrected chi connectivity index (χ0v) is 12.7. The first kappa shape index (κ1) is 16.6. The second-order valence-corrected chi connectivity index (χ2v) is 6.78. The van der Waals surface area contributed by atoms with Gasteiger partial charge in [0.1, 0.15) is 0 Å². The Morgan fingerprint density at radius 1 is 1.25 bits per heavy atom. The first-order valence-electron chi connectivity index (χ1n) is 6.35. The standard InChI is InChI=1S/C13H21N3O3S/c1-9(2)12(14)8-13(17)16-10-4-6-11(7-5-10)20(18,19)15-3/h4-7,9,12,15H,8,14H2,1-3H3,(H,16,17). The average Bonchev–Trinajstić information content (AvgIpc) is 2.39. The van der Waals surface area contributed by atoms with Crippen molar-refractivity contribution in [1.82, 2.24) is 4.72 Å². The van der Waals surface area contributed by atoms with Crippen molar-refractivity contribution in [3.63, 3.8) is 0 Å². The van der Waals surface area contributed by atoms with Crippen LogP contribution in [0.3, 0.4) is 0 Å². The number of rotatable bonds is 6. The maximum atomic E-state index is 11.7. The Labute approximate surface area is 119 Å². The summed E-state index contributed by atoms with van der Waals surface area (Å²) in [6, 6.07) is 5.76. The Bertz CT molecular complexity index is 553. The molecular weight excluding hydrogens is 278 g/mol. The van der Waals surface area contributed by atoms with Gasteiger partial charge in [0.15, 0.2) is 0 Å². The molecule has 0 saturated heterocycles. The topological polar surface area (TPSA) is 101 Å². The van der Waals surface area contributed by atoms with Crippen LogP contribution in [0.25, 0.3) is 0 Å². The van der Waals surface area contributed by atoms with Crippen molar-refractivity contribution in [2.75, 3.05) is 12.4 Å². The van der Waals surface area contributed by atoms with E-state index in [-0.39, 0.29) is 29.2 Å². The van der Waals surface area contributed by atoms with Gasteiger partial charge in [-0.1, -0.05) is 13.8 Å². The fraction of sp³-hybridized carbons (Fsp3) is 0.462. The third-order valence-corrected chi connectivity index (χ3v) is 4.42. The SMILES string of the molecule is CNS(=O)(=O)c1ccc(NC(=O)CC(N)C(C)C)cc1. The highest BCUT2D eigenvalue weighted by Gasteiger charge is 2.14. The van der Waals surface area contributed by atoms with E-state index in [0.717, 1.165) is 0 Å². The maximum absolute atomic E-state index is 11.7. The third-order valence-electron chi connectivity index (χ3n) is 2.99. The Morgan fingerprint density at radius 3 is 2.25 bits per heavy atom. The van der Waals surface area contributed by atoms with E-state index in [0.29, 0.717) is 5.69 Å². The second kappa shape index (κ2) is 6.83. The molecule has 0 bridgehead atoms. The van der Waals surface area contributed by atoms with Gasteiger partial charge in [0.05, 0.1) is 4.90 Å². The Morgan fingerprint density at radius 2 is 1.80 bits per heavy atom. The summed E-state index contributed by atoms with van der Waals surface area (Å²) in [4.78, 5) is 11.9. The molecule has 0 heterocycles. The van der Waals surface area contributed by atoms with Crippen LogP contribution in [0.4, 0.5) is 5.69 Å². The summed E-state index contributed by atoms with van der Waals surface area (Å²) in [6.45, 7) is 3.91. The summed E-state index contributed by atoms with van der Waals surface area (Å²) < 4.78 is 25.3. The van der Waals surface area contributed by atoms with Crippen molar-refractivity contribution in [3.8, 4) is 0 Å². The van der Waals surface area contributed by atoms with E-state index in [1.807, 2.05) is 13.8 Å². The smallest absolute Gasteiger partial charge is 0.240 e. The minimum absolute atomic E-state index is 0.150. The predicted octanol–water partition coefficient (Wildman–Crippen LogP) is 0.907. The molecule has 6 nitrogen and oxygen atoms in total. The largest absolute Gasteiger partial charge is 0.327 e. The summed E-state index contributed by atoms with van der Waals surface area (Å²) in [5.41, 5.74) is 6.36. The zero-order chi connectivity index (χ0) is 15.3. The van der Waals surface area contributed by atoms with Crippen LogP contribution in [0.1, 0.15) is 20.3 Å². The lowest BCUT2D eigenvalue weighted by molar-refractivity contribution is -0.116. The van der Waals surface area contributed by atoms with E-state index in [2.05, 4.69) is 10.0 Å². The number of carbonyl (C=O) groups is 1. The van der Waals surface area contributed by atoms with E-state index in [1.54, 1.807) is 12.1 Å². The molecule has 0 aliphatic heterocycles. The molecule has 0 aliphatic carbocycles. The molecule has 1 atom stereocenters. The number of nitrogens with one attached hydrogen (secondary N) is 2. The lowest BCUT2D eigenvalue weighted by Crippen LogP contribution is -2.31. The van der Waals surface area contributed by atoms with Gasteiger partial charge in [-0.15, -0.1) is 0 Å². The molecule has 0 fully saturated rings. The lowest BCUT2D eigenvalue weighted by atomic mass is 10.0. The molecule has 0 aliphatic rings. The average molecular weight is 299 g/mol. The monoisotopic (exact) mass is 299 g/mol. The van der Waals surface area contributed by atoms with Gasteiger partial charge in [-0.3, -0.25) is 4.79 Å². The summed E-state index contributed by atoms with van der Waals surface area (Å²) >= 11 is 0. The van der Waals surface area contributed by atoms with Gasteiger partial charge < -0.3 is 11.1 Å². The van der Waals surface area contributed by atoms with Gasteiger partial charge in [-0.25, -0.2) is 13.1 Å². The Balaban J connectivity index is 2.69. The van der Waals surface area contributed by atoms with Crippen LogP contribution in [0.15, 0.2) is 29.2 Å². The highest BCUT2D eigenvalue weighted by Crippen LogP contribution is 2.14. The first-order chi connectivity index (χ1) is 9.26. The van der Waals surface area contributed by atoms with Crippen molar-refractivity contribution in [2.24, 2.45) is 11.7 Å². The fourth-order valence-corrected chi connectivity index (χ4v) is 2.23. The number of sulfonamides is 1. The lowest BCUT2D eigenvalue weighted by Gasteiger charge is -2.15. The minimum atomic E-state index is -3.46. The van der Waals surface area contributed by atoms with Crippen molar-refractivity contribution < 1.29 is 13.2 Å². The fourth-order valence-electron chi connectivity index (χ4n) is 1.50. The van der Waals surface area contributed by atoms with Crippen molar-refractivity contribution in [2.45, 2.75) is 31.2 Å². The molecule has 112 valence electrons. The summed E-state index contributed by atoms with van der Waals surface area (Å²) in [6.07, 6.45) is 0.230. The summed E-state index contributed by atoms with van der Waals surface area (Å²) in [7, 11) is -2.11. The van der Waals surface area contributed by atoms with Gasteiger partial charge in [-0.05, 0) is 37.2 Å². The van der Waals surface area contributed by atoms with Crippen molar-refractivity contribution in [3.05, 3.63) is 24.3 Å². The molecule has 0 spiro atoms. The predicted molar refractivity (Wildman–Crippen MR) is 78.7 cm³/mol. The molecule has 1 amide bonds. The Hall–Kier alpha value is -1.44. The third kappa shape index (κ3) is 4.59. The highest BCUT2D eigenvalue weighted by molar-refractivity contribution is 7.89. The minimum Gasteiger partial charge on any atom is -0.327 e. The molecule has 1 unspecified atom stereocenters. The quantitative estimate of drug-likeness (QED) is 0.726. The maximum Gasteiger partial charge on any atom is 0.240 e. The number of hydrogen-bond acceptors (Lipinski definition) is 4. The summed E-state index contributed by atoms with van der Waals surface area (Å²) in [5.74, 6) is 0.0410. The zero-order valence-electron chi connectivity index (χ0n) is 11.9. The van der Waals surface area contributed by atoms with Crippen LogP contribution in [0.5, 0.6) is 0 Å². The first-order valence-corrected chi connectivity index (χ1v) is 7.83. The molecular formula is C13H21N3O3S. The number of anilines is 1. The van der Waals surface area contributed by atoms with Gasteiger partial charge >= 0.3 is 0 Å². The number of nitrogens with two attached hydrogens (primary N) is 1. The van der Waals surface area contributed by atoms with E-state index in [4.69, 9.17) is 5.73 Å². The van der Waals surface area contributed by atoms with E-state index in [1.165, 1.54) is 19.2 Å². The van der Waals surface area contributed by atoms with Gasteiger partial charge in [0, 0.05) is 18.2 Å².